The lowest BCUT2D eigenvalue weighted by molar-refractivity contribution is -0.130. The van der Waals surface area contributed by atoms with Gasteiger partial charge >= 0.3 is 6.03 Å². The molecule has 2 fully saturated rings. The highest BCUT2D eigenvalue weighted by Crippen LogP contribution is 2.18. The van der Waals surface area contributed by atoms with E-state index in [1.165, 1.54) is 11.8 Å². The van der Waals surface area contributed by atoms with Gasteiger partial charge in [0.2, 0.25) is 11.8 Å². The van der Waals surface area contributed by atoms with Gasteiger partial charge in [-0.2, -0.15) is 0 Å². The average Bonchev–Trinajstić information content (AvgIpc) is 3.09. The summed E-state index contributed by atoms with van der Waals surface area (Å²) in [6.07, 6.45) is 4.40. The van der Waals surface area contributed by atoms with Crippen LogP contribution in [0.3, 0.4) is 0 Å². The van der Waals surface area contributed by atoms with Crippen LogP contribution in [0.5, 0.6) is 0 Å². The second kappa shape index (κ2) is 8.55. The molecule has 5 amide bonds. The number of nitrogens with zero attached hydrogens (tertiary/aromatic N) is 1. The SMILES string of the molecule is CC1(C)NC(=O)N(CCNC(=O)CSCC(=O)NC2CCCC2)C1=O. The zero-order valence-corrected chi connectivity index (χ0v) is 15.5. The van der Waals surface area contributed by atoms with E-state index in [1.54, 1.807) is 13.8 Å². The van der Waals surface area contributed by atoms with Crippen molar-refractivity contribution in [3.63, 3.8) is 0 Å². The third kappa shape index (κ3) is 5.62. The molecule has 1 heterocycles. The fraction of sp³-hybridized carbons (Fsp3) is 0.750. The topological polar surface area (TPSA) is 108 Å². The highest BCUT2D eigenvalue weighted by atomic mass is 32.2. The normalized spacial score (nSPS) is 19.8. The first kappa shape index (κ1) is 19.6. The van der Waals surface area contributed by atoms with E-state index in [9.17, 15) is 19.2 Å². The lowest BCUT2D eigenvalue weighted by atomic mass is 10.1. The van der Waals surface area contributed by atoms with Crippen LogP contribution in [0, 0.1) is 0 Å². The molecule has 140 valence electrons. The molecule has 1 aliphatic heterocycles. The molecule has 8 nitrogen and oxygen atoms in total. The Balaban J connectivity index is 1.57. The van der Waals surface area contributed by atoms with Gasteiger partial charge in [-0.15, -0.1) is 11.8 Å². The fourth-order valence-corrected chi connectivity index (χ4v) is 3.61. The van der Waals surface area contributed by atoms with Gasteiger partial charge < -0.3 is 16.0 Å². The number of imide groups is 1. The highest BCUT2D eigenvalue weighted by molar-refractivity contribution is 8.00. The van der Waals surface area contributed by atoms with Crippen LogP contribution in [0.25, 0.3) is 0 Å². The summed E-state index contributed by atoms with van der Waals surface area (Å²) in [5.41, 5.74) is -0.899. The molecule has 2 rings (SSSR count). The molecule has 0 atom stereocenters. The first-order chi connectivity index (χ1) is 11.8. The fourth-order valence-electron chi connectivity index (χ4n) is 2.96. The van der Waals surface area contributed by atoms with Gasteiger partial charge in [0, 0.05) is 19.1 Å². The van der Waals surface area contributed by atoms with Crippen molar-refractivity contribution in [3.8, 4) is 0 Å². The number of rotatable bonds is 8. The smallest absolute Gasteiger partial charge is 0.325 e. The minimum atomic E-state index is -0.899. The molecule has 0 spiro atoms. The molecule has 0 aromatic rings. The van der Waals surface area contributed by atoms with E-state index in [4.69, 9.17) is 0 Å². The van der Waals surface area contributed by atoms with Crippen molar-refractivity contribution in [1.82, 2.24) is 20.9 Å². The molecule has 2 aliphatic rings. The molecule has 0 aromatic carbocycles. The number of carbonyl (C=O) groups excluding carboxylic acids is 4. The summed E-state index contributed by atoms with van der Waals surface area (Å²) in [5, 5.41) is 8.21. The van der Waals surface area contributed by atoms with Crippen LogP contribution in [0.15, 0.2) is 0 Å². The number of nitrogens with one attached hydrogen (secondary N) is 3. The zero-order chi connectivity index (χ0) is 18.4. The molecule has 25 heavy (non-hydrogen) atoms. The largest absolute Gasteiger partial charge is 0.354 e. The van der Waals surface area contributed by atoms with E-state index < -0.39 is 11.6 Å². The Morgan fingerprint density at radius 3 is 2.44 bits per heavy atom. The Bertz CT molecular complexity index is 546. The van der Waals surface area contributed by atoms with E-state index in [0.717, 1.165) is 30.6 Å². The van der Waals surface area contributed by atoms with Gasteiger partial charge in [-0.3, -0.25) is 19.3 Å². The lowest BCUT2D eigenvalue weighted by Crippen LogP contribution is -2.42. The Morgan fingerprint density at radius 2 is 1.84 bits per heavy atom. The molecule has 0 aromatic heterocycles. The molecular formula is C16H26N4O4S. The summed E-state index contributed by atoms with van der Waals surface area (Å²) in [5.74, 6) is -0.129. The number of amides is 5. The molecule has 0 unspecified atom stereocenters. The van der Waals surface area contributed by atoms with Crippen LogP contribution in [0.2, 0.25) is 0 Å². The van der Waals surface area contributed by atoms with E-state index in [-0.39, 0.29) is 48.4 Å². The predicted octanol–water partition coefficient (Wildman–Crippen LogP) is 0.225. The van der Waals surface area contributed by atoms with Crippen LogP contribution >= 0.6 is 11.8 Å². The molecule has 1 saturated heterocycles. The predicted molar refractivity (Wildman–Crippen MR) is 95.1 cm³/mol. The van der Waals surface area contributed by atoms with Crippen molar-refractivity contribution in [1.29, 1.82) is 0 Å². The van der Waals surface area contributed by atoms with Gasteiger partial charge in [0.15, 0.2) is 0 Å². The summed E-state index contributed by atoms with van der Waals surface area (Å²) in [4.78, 5) is 48.3. The Morgan fingerprint density at radius 1 is 1.20 bits per heavy atom. The van der Waals surface area contributed by atoms with E-state index in [1.807, 2.05) is 0 Å². The van der Waals surface area contributed by atoms with Crippen LogP contribution < -0.4 is 16.0 Å². The molecule has 9 heteroatoms. The van der Waals surface area contributed by atoms with Crippen LogP contribution in [0.1, 0.15) is 39.5 Å². The molecular weight excluding hydrogens is 344 g/mol. The highest BCUT2D eigenvalue weighted by Gasteiger charge is 2.43. The summed E-state index contributed by atoms with van der Waals surface area (Å²) >= 11 is 1.25. The maximum absolute atomic E-state index is 12.0. The minimum Gasteiger partial charge on any atom is -0.354 e. The zero-order valence-electron chi connectivity index (χ0n) is 14.7. The molecule has 3 N–H and O–H groups in total. The molecule has 0 radical (unpaired) electrons. The Hall–Kier alpha value is -1.77. The van der Waals surface area contributed by atoms with Gasteiger partial charge in [0.1, 0.15) is 5.54 Å². The summed E-state index contributed by atoms with van der Waals surface area (Å²) in [7, 11) is 0. The van der Waals surface area contributed by atoms with Crippen LogP contribution in [-0.2, 0) is 14.4 Å². The monoisotopic (exact) mass is 370 g/mol. The van der Waals surface area contributed by atoms with Gasteiger partial charge in [-0.1, -0.05) is 12.8 Å². The average molecular weight is 370 g/mol. The van der Waals surface area contributed by atoms with Gasteiger partial charge in [-0.05, 0) is 26.7 Å². The van der Waals surface area contributed by atoms with E-state index in [0.29, 0.717) is 0 Å². The standard InChI is InChI=1S/C16H26N4O4S/c1-16(2)14(23)20(15(24)19-16)8-7-17-12(21)9-25-10-13(22)18-11-5-3-4-6-11/h11H,3-10H2,1-2H3,(H,17,21)(H,18,22)(H,19,24). The van der Waals surface area contributed by atoms with Gasteiger partial charge in [0.05, 0.1) is 11.5 Å². The molecule has 1 aliphatic carbocycles. The van der Waals surface area contributed by atoms with Crippen molar-refractivity contribution in [3.05, 3.63) is 0 Å². The first-order valence-corrected chi connectivity index (χ1v) is 9.73. The maximum atomic E-state index is 12.0. The first-order valence-electron chi connectivity index (χ1n) is 8.57. The third-order valence-corrected chi connectivity index (χ3v) is 5.22. The van der Waals surface area contributed by atoms with E-state index >= 15 is 0 Å². The summed E-state index contributed by atoms with van der Waals surface area (Å²) < 4.78 is 0. The second-order valence-corrected chi connectivity index (χ2v) is 7.89. The quantitative estimate of drug-likeness (QED) is 0.530. The van der Waals surface area contributed by atoms with Crippen molar-refractivity contribution >= 4 is 35.5 Å². The second-order valence-electron chi connectivity index (χ2n) is 6.90. The van der Waals surface area contributed by atoms with Crippen LogP contribution in [0.4, 0.5) is 4.79 Å². The Labute approximate surface area is 151 Å². The minimum absolute atomic E-state index is 0.0359. The van der Waals surface area contributed by atoms with E-state index in [2.05, 4.69) is 16.0 Å². The summed E-state index contributed by atoms with van der Waals surface area (Å²) in [6, 6.07) is -0.155. The van der Waals surface area contributed by atoms with Crippen molar-refractivity contribution in [2.75, 3.05) is 24.6 Å². The number of hydrogen-bond acceptors (Lipinski definition) is 5. The lowest BCUT2D eigenvalue weighted by Gasteiger charge is -2.16. The van der Waals surface area contributed by atoms with Crippen molar-refractivity contribution in [2.24, 2.45) is 0 Å². The number of urea groups is 1. The summed E-state index contributed by atoms with van der Waals surface area (Å²) in [6.45, 7) is 3.60. The third-order valence-electron chi connectivity index (χ3n) is 4.29. The Kier molecular flexibility index (Phi) is 6.69. The molecule has 1 saturated carbocycles. The number of carbonyl (C=O) groups is 4. The molecule has 0 bridgehead atoms. The van der Waals surface area contributed by atoms with Crippen molar-refractivity contribution in [2.45, 2.75) is 51.1 Å². The van der Waals surface area contributed by atoms with Crippen molar-refractivity contribution < 1.29 is 19.2 Å². The number of hydrogen-bond donors (Lipinski definition) is 3. The maximum Gasteiger partial charge on any atom is 0.325 e. The van der Waals surface area contributed by atoms with Crippen LogP contribution in [-0.4, -0.2) is 64.8 Å². The van der Waals surface area contributed by atoms with Gasteiger partial charge in [-0.25, -0.2) is 4.79 Å². The number of thioether (sulfide) groups is 1. The van der Waals surface area contributed by atoms with Gasteiger partial charge in [0.25, 0.3) is 5.91 Å².